The lowest BCUT2D eigenvalue weighted by atomic mass is 10.0. The van der Waals surface area contributed by atoms with Gasteiger partial charge in [0.05, 0.1) is 0 Å². The van der Waals surface area contributed by atoms with Crippen molar-refractivity contribution in [2.45, 2.75) is 58.7 Å². The Morgan fingerprint density at radius 1 is 1.32 bits per heavy atom. The molecule has 120 valence electrons. The number of ether oxygens (including phenoxy) is 1. The zero-order valence-corrected chi connectivity index (χ0v) is 13.9. The summed E-state index contributed by atoms with van der Waals surface area (Å²) in [5, 5.41) is 2.87. The minimum absolute atomic E-state index is 0.382. The molecule has 1 aromatic carbocycles. The molecule has 0 saturated carbocycles. The van der Waals surface area contributed by atoms with Gasteiger partial charge in [0.1, 0.15) is 5.60 Å². The largest absolute Gasteiger partial charge is 0.444 e. The van der Waals surface area contributed by atoms with Crippen LogP contribution in [0.5, 0.6) is 0 Å². The van der Waals surface area contributed by atoms with Crippen molar-refractivity contribution in [2.24, 2.45) is 0 Å². The van der Waals surface area contributed by atoms with E-state index in [1.807, 2.05) is 45.2 Å². The van der Waals surface area contributed by atoms with Crippen molar-refractivity contribution >= 4 is 6.09 Å². The van der Waals surface area contributed by atoms with Crippen molar-refractivity contribution in [1.82, 2.24) is 10.2 Å². The molecular weight excluding hydrogens is 276 g/mol. The van der Waals surface area contributed by atoms with E-state index in [1.54, 1.807) is 0 Å². The average molecular weight is 302 g/mol. The number of hydrogen-bond donors (Lipinski definition) is 1. The summed E-state index contributed by atoms with van der Waals surface area (Å²) in [6, 6.07) is 10.8. The summed E-state index contributed by atoms with van der Waals surface area (Å²) in [7, 11) is 0. The maximum absolute atomic E-state index is 11.9. The van der Waals surface area contributed by atoms with E-state index in [4.69, 9.17) is 4.74 Å². The number of nitrogens with one attached hydrogen (secondary N) is 1. The highest BCUT2D eigenvalue weighted by molar-refractivity contribution is 5.70. The predicted molar refractivity (Wildman–Crippen MR) is 88.1 cm³/mol. The van der Waals surface area contributed by atoms with Crippen molar-refractivity contribution < 1.29 is 9.53 Å². The maximum Gasteiger partial charge on any atom is 0.411 e. The Balaban J connectivity index is 2.00. The van der Waals surface area contributed by atoms with E-state index in [-0.39, 0.29) is 6.09 Å². The molecule has 1 amide bonds. The fourth-order valence-corrected chi connectivity index (χ4v) is 2.45. The van der Waals surface area contributed by atoms with E-state index in [9.17, 15) is 4.79 Å². The van der Waals surface area contributed by atoms with Gasteiger partial charge in [-0.15, -0.1) is 0 Å². The van der Waals surface area contributed by atoms with E-state index >= 15 is 0 Å². The third kappa shape index (κ3) is 5.10. The molecule has 1 atom stereocenters. The van der Waals surface area contributed by atoms with Gasteiger partial charge in [0.2, 0.25) is 0 Å². The van der Waals surface area contributed by atoms with Crippen molar-refractivity contribution in [3.8, 4) is 0 Å². The van der Waals surface area contributed by atoms with Gasteiger partial charge in [0, 0.05) is 24.5 Å². The number of allylic oxidation sites excluding steroid dienone is 1. The monoisotopic (exact) mass is 302 g/mol. The van der Waals surface area contributed by atoms with Gasteiger partial charge in [-0.05, 0) is 46.1 Å². The highest BCUT2D eigenvalue weighted by Crippen LogP contribution is 2.21. The minimum atomic E-state index is -0.476. The number of carbonyl (C=O) groups is 1. The molecule has 0 saturated heterocycles. The highest BCUT2D eigenvalue weighted by Gasteiger charge is 2.21. The van der Waals surface area contributed by atoms with Crippen LogP contribution in [0, 0.1) is 0 Å². The van der Waals surface area contributed by atoms with Gasteiger partial charge in [-0.1, -0.05) is 30.3 Å². The summed E-state index contributed by atoms with van der Waals surface area (Å²) in [6.45, 7) is 8.66. The molecule has 4 heteroatoms. The molecule has 1 aliphatic heterocycles. The summed E-state index contributed by atoms with van der Waals surface area (Å²) in [5.74, 6) is 0. The van der Waals surface area contributed by atoms with Gasteiger partial charge in [-0.25, -0.2) is 4.79 Å². The molecule has 1 N–H and O–H groups in total. The zero-order chi connectivity index (χ0) is 16.2. The molecule has 0 aliphatic carbocycles. The molecule has 22 heavy (non-hydrogen) atoms. The molecule has 2 rings (SSSR count). The Bertz CT molecular complexity index is 532. The summed E-state index contributed by atoms with van der Waals surface area (Å²) >= 11 is 0. The molecule has 4 nitrogen and oxygen atoms in total. The summed E-state index contributed by atoms with van der Waals surface area (Å²) in [4.78, 5) is 14.2. The first-order valence-electron chi connectivity index (χ1n) is 7.84. The predicted octanol–water partition coefficient (Wildman–Crippen LogP) is 4.04. The van der Waals surface area contributed by atoms with Crippen LogP contribution in [0.15, 0.2) is 42.2 Å². The fourth-order valence-electron chi connectivity index (χ4n) is 2.45. The van der Waals surface area contributed by atoms with E-state index < -0.39 is 5.60 Å². The van der Waals surface area contributed by atoms with Gasteiger partial charge < -0.3 is 9.64 Å². The van der Waals surface area contributed by atoms with Gasteiger partial charge >= 0.3 is 6.09 Å². The second-order valence-electron chi connectivity index (χ2n) is 6.83. The highest BCUT2D eigenvalue weighted by atomic mass is 16.6. The Morgan fingerprint density at radius 2 is 2.00 bits per heavy atom. The molecule has 0 fully saturated rings. The topological polar surface area (TPSA) is 41.6 Å². The van der Waals surface area contributed by atoms with E-state index in [1.165, 1.54) is 5.56 Å². The molecule has 1 heterocycles. The van der Waals surface area contributed by atoms with Gasteiger partial charge in [-0.3, -0.25) is 5.32 Å². The lowest BCUT2D eigenvalue weighted by Gasteiger charge is -2.33. The third-order valence-electron chi connectivity index (χ3n) is 3.59. The van der Waals surface area contributed by atoms with Crippen LogP contribution in [0.1, 0.15) is 46.1 Å². The van der Waals surface area contributed by atoms with Crippen LogP contribution >= 0.6 is 0 Å². The Hall–Kier alpha value is -1.97. The fraction of sp³-hybridized carbons (Fsp3) is 0.500. The molecule has 0 bridgehead atoms. The maximum atomic E-state index is 11.9. The second-order valence-corrected chi connectivity index (χ2v) is 6.83. The summed E-state index contributed by atoms with van der Waals surface area (Å²) in [5.41, 5.74) is 1.71. The number of alkyl carbamates (subject to hydrolysis) is 1. The first kappa shape index (κ1) is 16.4. The number of nitrogens with zero attached hydrogens (tertiary/aromatic N) is 1. The van der Waals surface area contributed by atoms with Crippen LogP contribution in [0.4, 0.5) is 4.79 Å². The average Bonchev–Trinajstić information content (AvgIpc) is 2.41. The number of carbonyl (C=O) groups excluding carboxylic acids is 1. The van der Waals surface area contributed by atoms with E-state index in [0.29, 0.717) is 6.04 Å². The van der Waals surface area contributed by atoms with E-state index in [2.05, 4.69) is 29.3 Å². The minimum Gasteiger partial charge on any atom is -0.444 e. The first-order valence-corrected chi connectivity index (χ1v) is 7.84. The normalized spacial score (nSPS) is 18.6. The second kappa shape index (κ2) is 6.86. The van der Waals surface area contributed by atoms with Crippen LogP contribution in [0.25, 0.3) is 0 Å². The lowest BCUT2D eigenvalue weighted by molar-refractivity contribution is 0.0539. The third-order valence-corrected chi connectivity index (χ3v) is 3.59. The van der Waals surface area contributed by atoms with E-state index in [0.717, 1.165) is 25.1 Å². The number of hydrogen-bond acceptors (Lipinski definition) is 3. The van der Waals surface area contributed by atoms with Gasteiger partial charge in [0.15, 0.2) is 0 Å². The quantitative estimate of drug-likeness (QED) is 0.916. The van der Waals surface area contributed by atoms with Crippen LogP contribution in [-0.4, -0.2) is 22.6 Å². The van der Waals surface area contributed by atoms with Crippen LogP contribution in [-0.2, 0) is 11.3 Å². The van der Waals surface area contributed by atoms with Crippen LogP contribution < -0.4 is 5.32 Å². The zero-order valence-electron chi connectivity index (χ0n) is 13.9. The van der Waals surface area contributed by atoms with Crippen molar-refractivity contribution in [3.63, 3.8) is 0 Å². The Morgan fingerprint density at radius 3 is 2.64 bits per heavy atom. The number of benzene rings is 1. The molecule has 0 radical (unpaired) electrons. The smallest absolute Gasteiger partial charge is 0.411 e. The molecule has 0 spiro atoms. The van der Waals surface area contributed by atoms with Crippen LogP contribution in [0.2, 0.25) is 0 Å². The van der Waals surface area contributed by atoms with Crippen LogP contribution in [0.3, 0.4) is 0 Å². The number of rotatable bonds is 3. The molecule has 1 aliphatic rings. The Labute approximate surface area is 133 Å². The molecular formula is C18H26N2O2. The van der Waals surface area contributed by atoms with Crippen molar-refractivity contribution in [3.05, 3.63) is 47.8 Å². The molecule has 1 aromatic rings. The lowest BCUT2D eigenvalue weighted by Crippen LogP contribution is -2.37. The summed E-state index contributed by atoms with van der Waals surface area (Å²) in [6.07, 6.45) is 3.55. The SMILES string of the molecule is CC1CCC(NC(=O)OC(C)(C)C)=CN1Cc1ccccc1. The molecule has 1 unspecified atom stereocenters. The Kier molecular flexibility index (Phi) is 5.11. The van der Waals surface area contributed by atoms with Gasteiger partial charge in [-0.2, -0.15) is 0 Å². The standard InChI is InChI=1S/C18H26N2O2/c1-14-10-11-16(19-17(21)22-18(2,3)4)13-20(14)12-15-8-6-5-7-9-15/h5-9,13-14H,10-12H2,1-4H3,(H,19,21). The summed E-state index contributed by atoms with van der Waals surface area (Å²) < 4.78 is 5.31. The van der Waals surface area contributed by atoms with Crippen molar-refractivity contribution in [1.29, 1.82) is 0 Å². The van der Waals surface area contributed by atoms with Crippen molar-refractivity contribution in [2.75, 3.05) is 0 Å². The van der Waals surface area contributed by atoms with Gasteiger partial charge in [0.25, 0.3) is 0 Å². The molecule has 0 aromatic heterocycles. The number of amides is 1. The first-order chi connectivity index (χ1) is 10.3.